The van der Waals surface area contributed by atoms with E-state index in [1.165, 1.54) is 25.7 Å². The molecule has 0 bridgehead atoms. The number of nitrogens with two attached hydrogens (primary N) is 3. The Hall–Kier alpha value is -7.12. The van der Waals surface area contributed by atoms with E-state index in [4.69, 9.17) is 17.2 Å². The standard InChI is InChI=1S/C49H73N11O13S/c1-26(2)20-33(54-42(65)31(50)21-29-14-10-8-11-15-29)43(66)55-34(22-30-16-12-9-13-17-30)44(67)58-37(25-61)47(70)57-36(24-39(52)63)46(69)56-35(23-38(51)62)45(68)53-32(18-19-74-7)48(71)60(6)28(5)41(64)59-40(27(3)4)49(72)73/h8-17,26-28,31-37,40,61H,18-25,50H2,1-7H3,(H2,51,62)(H2,52,63)(H,53,68)(H,54,65)(H,55,66)(H,56,69)(H,57,70)(H,58,67)(H,59,64)(H,72,73). The summed E-state index contributed by atoms with van der Waals surface area (Å²) >= 11 is 1.30. The molecule has 408 valence electrons. The summed E-state index contributed by atoms with van der Waals surface area (Å²) in [4.78, 5) is 147. The Bertz CT molecular complexity index is 2260. The monoisotopic (exact) mass is 1060 g/mol. The summed E-state index contributed by atoms with van der Waals surface area (Å²) < 4.78 is 0. The molecule has 9 unspecified atom stereocenters. The molecule has 0 fully saturated rings. The number of primary amides is 2. The maximum absolute atomic E-state index is 14.0. The SMILES string of the molecule is CSCCC(NC(=O)C(CC(N)=O)NC(=O)C(CC(N)=O)NC(=O)C(CO)NC(=O)C(Cc1ccccc1)NC(=O)C(CC(C)C)NC(=O)C(N)Cc1ccccc1)C(=O)N(C)C(C)C(=O)NC(C(=O)O)C(C)C. The molecular weight excluding hydrogens is 983 g/mol. The van der Waals surface area contributed by atoms with Crippen LogP contribution in [0.25, 0.3) is 0 Å². The van der Waals surface area contributed by atoms with Gasteiger partial charge < -0.3 is 69.5 Å². The molecule has 0 aliphatic heterocycles. The summed E-state index contributed by atoms with van der Waals surface area (Å²) in [6.07, 6.45) is 0.129. The van der Waals surface area contributed by atoms with Gasteiger partial charge in [-0.2, -0.15) is 11.8 Å². The van der Waals surface area contributed by atoms with Crippen molar-refractivity contribution in [1.82, 2.24) is 42.1 Å². The molecule has 0 spiro atoms. The van der Waals surface area contributed by atoms with E-state index < -0.39 is 145 Å². The van der Waals surface area contributed by atoms with E-state index in [0.29, 0.717) is 11.3 Å². The van der Waals surface area contributed by atoms with Gasteiger partial charge in [0.2, 0.25) is 59.1 Å². The highest BCUT2D eigenvalue weighted by Gasteiger charge is 2.37. The van der Waals surface area contributed by atoms with Gasteiger partial charge in [-0.05, 0) is 61.2 Å². The summed E-state index contributed by atoms with van der Waals surface area (Å²) in [6.45, 7) is 7.07. The number of nitrogens with one attached hydrogen (secondary N) is 7. The number of rotatable bonds is 32. The second-order valence-electron chi connectivity index (χ2n) is 18.5. The van der Waals surface area contributed by atoms with E-state index in [-0.39, 0.29) is 31.6 Å². The molecule has 10 amide bonds. The van der Waals surface area contributed by atoms with Crippen LogP contribution >= 0.6 is 11.8 Å². The first-order valence-electron chi connectivity index (χ1n) is 23.9. The number of hydrogen-bond acceptors (Lipinski definition) is 14. The van der Waals surface area contributed by atoms with E-state index in [1.54, 1.807) is 74.7 Å². The van der Waals surface area contributed by atoms with Gasteiger partial charge in [0.1, 0.15) is 48.3 Å². The second-order valence-corrected chi connectivity index (χ2v) is 19.5. The Balaban J connectivity index is 2.35. The summed E-state index contributed by atoms with van der Waals surface area (Å²) in [7, 11) is 1.26. The van der Waals surface area contributed by atoms with Gasteiger partial charge in [0.25, 0.3) is 0 Å². The number of nitrogens with zero attached hydrogens (tertiary/aromatic N) is 1. The van der Waals surface area contributed by atoms with E-state index in [9.17, 15) is 63.0 Å². The Morgan fingerprint density at radius 1 is 0.568 bits per heavy atom. The number of aliphatic hydroxyl groups is 1. The normalized spacial score (nSPS) is 14.7. The molecule has 0 aromatic heterocycles. The Morgan fingerprint density at radius 3 is 1.43 bits per heavy atom. The van der Waals surface area contributed by atoms with Crippen molar-refractivity contribution in [1.29, 1.82) is 0 Å². The number of carboxylic acids is 1. The van der Waals surface area contributed by atoms with Crippen molar-refractivity contribution in [3.05, 3.63) is 71.8 Å². The first-order valence-corrected chi connectivity index (χ1v) is 25.3. The Kier molecular flexibility index (Phi) is 26.8. The van der Waals surface area contributed by atoms with Crippen LogP contribution in [-0.4, -0.2) is 160 Å². The molecule has 9 atom stereocenters. The minimum atomic E-state index is -1.90. The molecule has 2 aromatic carbocycles. The largest absolute Gasteiger partial charge is 0.480 e. The van der Waals surface area contributed by atoms with Gasteiger partial charge in [0.15, 0.2) is 0 Å². The number of amides is 10. The number of benzene rings is 2. The zero-order valence-corrected chi connectivity index (χ0v) is 43.6. The van der Waals surface area contributed by atoms with Crippen LogP contribution in [0, 0.1) is 11.8 Å². The number of carbonyl (C=O) groups is 11. The van der Waals surface area contributed by atoms with Crippen molar-refractivity contribution in [3.8, 4) is 0 Å². The highest BCUT2D eigenvalue weighted by Crippen LogP contribution is 2.12. The molecule has 25 heteroatoms. The molecular formula is C49H73N11O13S. The molecule has 15 N–H and O–H groups in total. The third-order valence-corrected chi connectivity index (χ3v) is 12.2. The van der Waals surface area contributed by atoms with Gasteiger partial charge in [-0.25, -0.2) is 4.79 Å². The minimum absolute atomic E-state index is 0.0189. The third-order valence-electron chi connectivity index (χ3n) is 11.5. The van der Waals surface area contributed by atoms with Crippen molar-refractivity contribution in [2.24, 2.45) is 29.0 Å². The first kappa shape index (κ1) is 63.0. The molecule has 0 radical (unpaired) electrons. The molecule has 0 aliphatic carbocycles. The molecule has 2 aromatic rings. The summed E-state index contributed by atoms with van der Waals surface area (Å²) in [6, 6.07) is 4.44. The van der Waals surface area contributed by atoms with Crippen LogP contribution in [0.2, 0.25) is 0 Å². The van der Waals surface area contributed by atoms with E-state index >= 15 is 0 Å². The first-order chi connectivity index (χ1) is 34.8. The number of carboxylic acid groups (broad SMARTS) is 1. The average Bonchev–Trinajstić information content (AvgIpc) is 3.34. The molecule has 0 saturated carbocycles. The van der Waals surface area contributed by atoms with Crippen LogP contribution < -0.4 is 54.4 Å². The number of thioether (sulfide) groups is 1. The van der Waals surface area contributed by atoms with Crippen molar-refractivity contribution in [2.45, 2.75) is 128 Å². The zero-order valence-electron chi connectivity index (χ0n) is 42.8. The lowest BCUT2D eigenvalue weighted by atomic mass is 10.00. The van der Waals surface area contributed by atoms with Gasteiger partial charge in [-0.15, -0.1) is 0 Å². The minimum Gasteiger partial charge on any atom is -0.480 e. The van der Waals surface area contributed by atoms with Crippen LogP contribution in [0.3, 0.4) is 0 Å². The average molecular weight is 1060 g/mol. The van der Waals surface area contributed by atoms with Crippen LogP contribution in [0.15, 0.2) is 60.7 Å². The van der Waals surface area contributed by atoms with E-state index in [2.05, 4.69) is 37.2 Å². The fourth-order valence-corrected chi connectivity index (χ4v) is 7.74. The lowest BCUT2D eigenvalue weighted by Crippen LogP contribution is -2.61. The predicted octanol–water partition coefficient (Wildman–Crippen LogP) is -2.68. The van der Waals surface area contributed by atoms with Gasteiger partial charge in [0.05, 0.1) is 25.5 Å². The van der Waals surface area contributed by atoms with Crippen LogP contribution in [0.1, 0.15) is 71.4 Å². The van der Waals surface area contributed by atoms with Crippen LogP contribution in [-0.2, 0) is 65.6 Å². The third kappa shape index (κ3) is 21.5. The van der Waals surface area contributed by atoms with Crippen molar-refractivity contribution in [3.63, 3.8) is 0 Å². The van der Waals surface area contributed by atoms with Crippen molar-refractivity contribution in [2.75, 3.05) is 25.7 Å². The lowest BCUT2D eigenvalue weighted by molar-refractivity contribution is -0.146. The fraction of sp³-hybridized carbons (Fsp3) is 0.531. The maximum atomic E-state index is 14.0. The quantitative estimate of drug-likeness (QED) is 0.0355. The smallest absolute Gasteiger partial charge is 0.326 e. The van der Waals surface area contributed by atoms with E-state index in [1.807, 2.05) is 19.9 Å². The number of aliphatic carboxylic acids is 1. The van der Waals surface area contributed by atoms with Crippen molar-refractivity contribution < 1.29 is 63.0 Å². The number of aliphatic hydroxyl groups excluding tert-OH is 1. The number of carbonyl (C=O) groups excluding carboxylic acids is 10. The Morgan fingerprint density at radius 2 is 0.986 bits per heavy atom. The topological polar surface area (TPSA) is 394 Å². The molecule has 0 aliphatic rings. The van der Waals surface area contributed by atoms with E-state index in [0.717, 1.165) is 10.5 Å². The molecule has 2 rings (SSSR count). The maximum Gasteiger partial charge on any atom is 0.326 e. The summed E-state index contributed by atoms with van der Waals surface area (Å²) in [5.41, 5.74) is 18.4. The zero-order chi connectivity index (χ0) is 55.8. The van der Waals surface area contributed by atoms with Gasteiger partial charge >= 0.3 is 5.97 Å². The molecule has 24 nitrogen and oxygen atoms in total. The second kappa shape index (κ2) is 31.5. The number of likely N-dealkylation sites (N-methyl/N-ethyl adjacent to an activating group) is 1. The van der Waals surface area contributed by atoms with Gasteiger partial charge in [-0.1, -0.05) is 88.4 Å². The lowest BCUT2D eigenvalue weighted by Gasteiger charge is -2.31. The highest BCUT2D eigenvalue weighted by molar-refractivity contribution is 7.98. The predicted molar refractivity (Wildman–Crippen MR) is 274 cm³/mol. The van der Waals surface area contributed by atoms with Gasteiger partial charge in [0, 0.05) is 13.5 Å². The Labute approximate surface area is 434 Å². The van der Waals surface area contributed by atoms with Crippen molar-refractivity contribution >= 4 is 76.8 Å². The fourth-order valence-electron chi connectivity index (χ4n) is 7.27. The molecule has 0 saturated heterocycles. The number of hydrogen-bond donors (Lipinski definition) is 12. The molecule has 74 heavy (non-hydrogen) atoms. The van der Waals surface area contributed by atoms with Gasteiger partial charge in [-0.3, -0.25) is 47.9 Å². The van der Waals surface area contributed by atoms with Crippen LogP contribution in [0.5, 0.6) is 0 Å². The summed E-state index contributed by atoms with van der Waals surface area (Å²) in [5.74, 6) is -11.4. The molecule has 0 heterocycles. The highest BCUT2D eigenvalue weighted by atomic mass is 32.2. The van der Waals surface area contributed by atoms with Crippen LogP contribution in [0.4, 0.5) is 0 Å². The summed E-state index contributed by atoms with van der Waals surface area (Å²) in [5, 5.41) is 36.9.